The number of carboxylic acids is 1. The lowest BCUT2D eigenvalue weighted by Crippen LogP contribution is -2.48. The van der Waals surface area contributed by atoms with Crippen molar-refractivity contribution in [2.75, 3.05) is 37.6 Å². The Morgan fingerprint density at radius 3 is 2.44 bits per heavy atom. The van der Waals surface area contributed by atoms with Crippen LogP contribution in [0.2, 0.25) is 0 Å². The lowest BCUT2D eigenvalue weighted by molar-refractivity contribution is -0.143. The van der Waals surface area contributed by atoms with Gasteiger partial charge in [-0.15, -0.1) is 0 Å². The monoisotopic (exact) mass is 619 g/mol. The molecule has 0 aliphatic carbocycles. The molecule has 2 heterocycles. The van der Waals surface area contributed by atoms with Gasteiger partial charge >= 0.3 is 5.97 Å². The molecule has 0 spiro atoms. The molecule has 3 unspecified atom stereocenters. The number of ether oxygens (including phenoxy) is 2. The summed E-state index contributed by atoms with van der Waals surface area (Å²) >= 11 is 0. The predicted molar refractivity (Wildman–Crippen MR) is 161 cm³/mol. The summed E-state index contributed by atoms with van der Waals surface area (Å²) in [7, 11) is -3.50. The third kappa shape index (κ3) is 7.84. The zero-order valence-corrected chi connectivity index (χ0v) is 26.0. The van der Waals surface area contributed by atoms with Crippen LogP contribution in [0.5, 0.6) is 11.5 Å². The first-order valence-electron chi connectivity index (χ1n) is 14.8. The minimum Gasteiger partial charge on any atom is -0.481 e. The molecule has 0 aromatic heterocycles. The van der Waals surface area contributed by atoms with E-state index in [-0.39, 0.29) is 50.6 Å². The highest BCUT2D eigenvalue weighted by molar-refractivity contribution is 7.88. The molecule has 0 saturated carbocycles. The van der Waals surface area contributed by atoms with Gasteiger partial charge < -0.3 is 19.5 Å². The number of likely N-dealkylation sites (tertiary alicyclic amines) is 1. The van der Waals surface area contributed by atoms with E-state index in [1.54, 1.807) is 36.1 Å². The molecule has 4 rings (SSSR count). The number of halogens is 1. The van der Waals surface area contributed by atoms with E-state index in [1.165, 1.54) is 6.07 Å². The minimum absolute atomic E-state index is 0.0288. The molecule has 2 aromatic rings. The summed E-state index contributed by atoms with van der Waals surface area (Å²) in [5, 5.41) is 10.4. The Morgan fingerprint density at radius 1 is 1.12 bits per heavy atom. The van der Waals surface area contributed by atoms with E-state index < -0.39 is 33.9 Å². The number of rotatable bonds is 14. The molecule has 2 N–H and O–H groups in total. The molecular formula is C31H42FN3O7S. The zero-order valence-electron chi connectivity index (χ0n) is 25.2. The van der Waals surface area contributed by atoms with Crippen molar-refractivity contribution in [2.45, 2.75) is 70.9 Å². The van der Waals surface area contributed by atoms with Gasteiger partial charge in [0, 0.05) is 36.8 Å². The smallest absolute Gasteiger partial charge is 0.308 e. The SMILES string of the molecule is CCCC(CCC)N(C(=O)CN1CC(c2ccc3c(c2)OCO3)C(C(=O)O)C1CCNS(C)(=O)=O)c1ccc(F)c(C)c1. The van der Waals surface area contributed by atoms with Crippen molar-refractivity contribution < 1.29 is 37.0 Å². The van der Waals surface area contributed by atoms with Gasteiger partial charge in [0.25, 0.3) is 0 Å². The van der Waals surface area contributed by atoms with Gasteiger partial charge in [0.15, 0.2) is 11.5 Å². The van der Waals surface area contributed by atoms with Crippen LogP contribution in [0.1, 0.15) is 63.0 Å². The summed E-state index contributed by atoms with van der Waals surface area (Å²) < 4.78 is 51.3. The molecule has 1 fully saturated rings. The number of amides is 1. The van der Waals surface area contributed by atoms with Crippen LogP contribution >= 0.6 is 0 Å². The van der Waals surface area contributed by atoms with Gasteiger partial charge in [-0.3, -0.25) is 14.5 Å². The Hall–Kier alpha value is -3.22. The quantitative estimate of drug-likeness (QED) is 0.321. The van der Waals surface area contributed by atoms with Crippen molar-refractivity contribution in [3.05, 3.63) is 53.3 Å². The number of carboxylic acid groups (broad SMARTS) is 1. The molecule has 43 heavy (non-hydrogen) atoms. The number of fused-ring (bicyclic) bond motifs is 1. The highest BCUT2D eigenvalue weighted by Gasteiger charge is 2.47. The summed E-state index contributed by atoms with van der Waals surface area (Å²) in [6.07, 6.45) is 4.47. The fourth-order valence-electron chi connectivity index (χ4n) is 6.38. The number of nitrogens with zero attached hydrogens (tertiary/aromatic N) is 2. The van der Waals surface area contributed by atoms with E-state index in [0.29, 0.717) is 22.7 Å². The second kappa shape index (κ2) is 14.0. The molecule has 0 radical (unpaired) electrons. The second-order valence-electron chi connectivity index (χ2n) is 11.5. The van der Waals surface area contributed by atoms with E-state index in [9.17, 15) is 27.5 Å². The van der Waals surface area contributed by atoms with Crippen LogP contribution in [0, 0.1) is 18.7 Å². The van der Waals surface area contributed by atoms with Crippen LogP contribution in [-0.2, 0) is 19.6 Å². The number of aliphatic carboxylic acids is 1. The van der Waals surface area contributed by atoms with Gasteiger partial charge in [-0.25, -0.2) is 17.5 Å². The Morgan fingerprint density at radius 2 is 1.81 bits per heavy atom. The molecule has 1 saturated heterocycles. The largest absolute Gasteiger partial charge is 0.481 e. The lowest BCUT2D eigenvalue weighted by Gasteiger charge is -2.35. The predicted octanol–water partition coefficient (Wildman–Crippen LogP) is 4.27. The summed E-state index contributed by atoms with van der Waals surface area (Å²) in [6, 6.07) is 9.28. The van der Waals surface area contributed by atoms with Gasteiger partial charge in [0.05, 0.1) is 18.7 Å². The number of nitrogens with one attached hydrogen (secondary N) is 1. The zero-order chi connectivity index (χ0) is 31.3. The number of aryl methyl sites for hydroxylation is 1. The Bertz CT molecular complexity index is 1410. The molecule has 12 heteroatoms. The van der Waals surface area contributed by atoms with Crippen molar-refractivity contribution in [3.8, 4) is 11.5 Å². The van der Waals surface area contributed by atoms with E-state index in [0.717, 1.165) is 37.5 Å². The van der Waals surface area contributed by atoms with Crippen molar-refractivity contribution in [2.24, 2.45) is 5.92 Å². The molecule has 236 valence electrons. The van der Waals surface area contributed by atoms with Gasteiger partial charge in [0.2, 0.25) is 22.7 Å². The first kappa shape index (κ1) is 32.7. The average molecular weight is 620 g/mol. The molecule has 2 aliphatic rings. The first-order chi connectivity index (χ1) is 20.4. The van der Waals surface area contributed by atoms with Crippen LogP contribution in [-0.4, -0.2) is 75.1 Å². The molecule has 10 nitrogen and oxygen atoms in total. The standard InChI is InChI=1S/C31H42FN3O7S/c1-5-7-22(8-6-2)35(23-10-11-25(32)20(3)15-23)29(36)18-34-17-24(21-9-12-27-28(16-21)42-19-41-27)30(31(37)38)26(34)13-14-33-43(4,39)40/h9-12,15-16,22,24,26,30,33H,5-8,13-14,17-19H2,1-4H3,(H,37,38). The summed E-state index contributed by atoms with van der Waals surface area (Å²) in [4.78, 5) is 30.6. The number of hydrogen-bond acceptors (Lipinski definition) is 7. The van der Waals surface area contributed by atoms with Crippen molar-refractivity contribution in [1.82, 2.24) is 9.62 Å². The fourth-order valence-corrected chi connectivity index (χ4v) is 6.87. The lowest BCUT2D eigenvalue weighted by atomic mass is 9.84. The summed E-state index contributed by atoms with van der Waals surface area (Å²) in [5.41, 5.74) is 1.78. The highest BCUT2D eigenvalue weighted by Crippen LogP contribution is 2.43. The van der Waals surface area contributed by atoms with E-state index in [1.807, 2.05) is 11.0 Å². The maximum Gasteiger partial charge on any atom is 0.308 e. The van der Waals surface area contributed by atoms with Crippen LogP contribution in [0.25, 0.3) is 0 Å². The van der Waals surface area contributed by atoms with Crippen LogP contribution in [0.3, 0.4) is 0 Å². The third-order valence-corrected chi connectivity index (χ3v) is 9.03. The average Bonchev–Trinajstić information content (AvgIpc) is 3.55. The minimum atomic E-state index is -3.50. The van der Waals surface area contributed by atoms with Crippen LogP contribution < -0.4 is 19.1 Å². The Labute approximate surface area is 253 Å². The number of carbonyl (C=O) groups excluding carboxylic acids is 1. The van der Waals surface area contributed by atoms with Crippen molar-refractivity contribution >= 4 is 27.6 Å². The maximum atomic E-state index is 14.2. The summed E-state index contributed by atoms with van der Waals surface area (Å²) in [6.45, 7) is 6.08. The molecule has 3 atom stereocenters. The first-order valence-corrected chi connectivity index (χ1v) is 16.7. The molecule has 0 bridgehead atoms. The van der Waals surface area contributed by atoms with Crippen LogP contribution in [0.15, 0.2) is 36.4 Å². The third-order valence-electron chi connectivity index (χ3n) is 8.30. The van der Waals surface area contributed by atoms with E-state index in [2.05, 4.69) is 18.6 Å². The van der Waals surface area contributed by atoms with Gasteiger partial charge in [-0.2, -0.15) is 0 Å². The number of benzene rings is 2. The topological polar surface area (TPSA) is 125 Å². The van der Waals surface area contributed by atoms with Gasteiger partial charge in [0.1, 0.15) is 5.82 Å². The van der Waals surface area contributed by atoms with Gasteiger partial charge in [-0.1, -0.05) is 32.8 Å². The Balaban J connectivity index is 1.69. The van der Waals surface area contributed by atoms with E-state index >= 15 is 0 Å². The molecule has 2 aliphatic heterocycles. The van der Waals surface area contributed by atoms with E-state index in [4.69, 9.17) is 9.47 Å². The molecule has 2 aromatic carbocycles. The maximum absolute atomic E-state index is 14.2. The normalized spacial score (nSPS) is 20.1. The Kier molecular flexibility index (Phi) is 10.7. The number of anilines is 1. The second-order valence-corrected chi connectivity index (χ2v) is 13.3. The summed E-state index contributed by atoms with van der Waals surface area (Å²) in [5.74, 6) is -1.86. The van der Waals surface area contributed by atoms with Crippen molar-refractivity contribution in [1.29, 1.82) is 0 Å². The number of carbonyl (C=O) groups is 2. The fraction of sp³-hybridized carbons (Fsp3) is 0.548. The molecule has 1 amide bonds. The number of sulfonamides is 1. The van der Waals surface area contributed by atoms with Crippen LogP contribution in [0.4, 0.5) is 10.1 Å². The highest BCUT2D eigenvalue weighted by atomic mass is 32.2. The van der Waals surface area contributed by atoms with Crippen molar-refractivity contribution in [3.63, 3.8) is 0 Å². The number of hydrogen-bond donors (Lipinski definition) is 2. The van der Waals surface area contributed by atoms with Gasteiger partial charge in [-0.05, 0) is 67.6 Å². The molecular weight excluding hydrogens is 577 g/mol.